The highest BCUT2D eigenvalue weighted by Crippen LogP contribution is 2.33. The van der Waals surface area contributed by atoms with Crippen LogP contribution < -0.4 is 10.9 Å². The minimum absolute atomic E-state index is 0.0200. The van der Waals surface area contributed by atoms with Crippen LogP contribution in [0.3, 0.4) is 0 Å². The lowest BCUT2D eigenvalue weighted by molar-refractivity contribution is -0.121. The minimum atomic E-state index is -0.0939. The number of thiazole rings is 1. The Morgan fingerprint density at radius 1 is 1.17 bits per heavy atom. The molecule has 0 saturated heterocycles. The second-order valence-corrected chi connectivity index (χ2v) is 9.44. The number of aromatic nitrogens is 3. The van der Waals surface area contributed by atoms with Gasteiger partial charge in [-0.2, -0.15) is 0 Å². The predicted octanol–water partition coefficient (Wildman–Crippen LogP) is 3.65. The molecule has 5 rings (SSSR count). The molecule has 6 nitrogen and oxygen atoms in total. The van der Waals surface area contributed by atoms with Crippen molar-refractivity contribution in [1.29, 1.82) is 0 Å². The Bertz CT molecular complexity index is 1240. The quantitative estimate of drug-likeness (QED) is 0.531. The zero-order valence-electron chi connectivity index (χ0n) is 15.8. The Morgan fingerprint density at radius 3 is 2.93 bits per heavy atom. The number of nitrogens with zero attached hydrogens (tertiary/aromatic N) is 3. The summed E-state index contributed by atoms with van der Waals surface area (Å²) in [5, 5.41) is 4.55. The summed E-state index contributed by atoms with van der Waals surface area (Å²) < 4.78 is 2.68. The van der Waals surface area contributed by atoms with E-state index in [-0.39, 0.29) is 17.9 Å². The molecule has 0 fully saturated rings. The minimum Gasteiger partial charge on any atom is -0.350 e. The first-order valence-electron chi connectivity index (χ1n) is 9.80. The van der Waals surface area contributed by atoms with Crippen LogP contribution in [-0.2, 0) is 30.7 Å². The lowest BCUT2D eigenvalue weighted by atomic mass is 9.97. The van der Waals surface area contributed by atoms with Crippen LogP contribution in [0, 0.1) is 0 Å². The van der Waals surface area contributed by atoms with Gasteiger partial charge in [0.25, 0.3) is 5.56 Å². The van der Waals surface area contributed by atoms with E-state index >= 15 is 0 Å². The second-order valence-electron chi connectivity index (χ2n) is 7.24. The molecule has 29 heavy (non-hydrogen) atoms. The van der Waals surface area contributed by atoms with E-state index in [0.29, 0.717) is 13.1 Å². The van der Waals surface area contributed by atoms with Crippen molar-refractivity contribution in [3.8, 4) is 0 Å². The zero-order valence-corrected chi connectivity index (χ0v) is 17.4. The van der Waals surface area contributed by atoms with E-state index in [1.54, 1.807) is 33.6 Å². The standard InChI is InChI=1S/C21H20N4O2S2/c26-17(22-11-18-24-14-6-2-4-8-16(14)28-18)9-10-25-12-23-20-19(21(25)27)13-5-1-3-7-15(13)29-20/h2,4,6,8,12H,1,3,5,7,9-11H2,(H,22,26). The van der Waals surface area contributed by atoms with Crippen molar-refractivity contribution < 1.29 is 4.79 Å². The summed E-state index contributed by atoms with van der Waals surface area (Å²) in [4.78, 5) is 36.4. The summed E-state index contributed by atoms with van der Waals surface area (Å²) in [6, 6.07) is 7.93. The van der Waals surface area contributed by atoms with E-state index in [9.17, 15) is 9.59 Å². The maximum atomic E-state index is 12.9. The molecule has 3 aromatic heterocycles. The third-order valence-corrected chi connectivity index (χ3v) is 7.53. The van der Waals surface area contributed by atoms with E-state index < -0.39 is 0 Å². The molecule has 0 bridgehead atoms. The molecule has 0 unspecified atom stereocenters. The molecule has 1 aromatic carbocycles. The van der Waals surface area contributed by atoms with Gasteiger partial charge in [0.05, 0.1) is 28.5 Å². The Balaban J connectivity index is 1.26. The van der Waals surface area contributed by atoms with Gasteiger partial charge in [-0.25, -0.2) is 9.97 Å². The first-order chi connectivity index (χ1) is 14.2. The molecular formula is C21H20N4O2S2. The van der Waals surface area contributed by atoms with Crippen LogP contribution in [0.5, 0.6) is 0 Å². The molecule has 148 valence electrons. The largest absolute Gasteiger partial charge is 0.350 e. The molecule has 3 heterocycles. The van der Waals surface area contributed by atoms with Crippen LogP contribution in [0.15, 0.2) is 35.4 Å². The Hall–Kier alpha value is -2.58. The number of para-hydroxylation sites is 1. The fourth-order valence-electron chi connectivity index (χ4n) is 3.82. The van der Waals surface area contributed by atoms with E-state index in [1.165, 1.54) is 16.9 Å². The van der Waals surface area contributed by atoms with Crippen molar-refractivity contribution in [3.05, 3.63) is 56.4 Å². The van der Waals surface area contributed by atoms with Crippen LogP contribution in [0.25, 0.3) is 20.4 Å². The van der Waals surface area contributed by atoms with Crippen molar-refractivity contribution in [2.45, 2.75) is 45.2 Å². The van der Waals surface area contributed by atoms with E-state index in [1.807, 2.05) is 24.3 Å². The Kier molecular flexibility index (Phi) is 4.89. The normalized spacial score (nSPS) is 13.7. The van der Waals surface area contributed by atoms with Crippen LogP contribution in [0.4, 0.5) is 0 Å². The number of fused-ring (bicyclic) bond motifs is 4. The average Bonchev–Trinajstić information content (AvgIpc) is 3.33. The number of nitrogens with one attached hydrogen (secondary N) is 1. The van der Waals surface area contributed by atoms with Crippen LogP contribution >= 0.6 is 22.7 Å². The number of carbonyl (C=O) groups is 1. The van der Waals surface area contributed by atoms with Gasteiger partial charge < -0.3 is 5.32 Å². The van der Waals surface area contributed by atoms with E-state index in [2.05, 4.69) is 15.3 Å². The van der Waals surface area contributed by atoms with Gasteiger partial charge in [0.15, 0.2) is 0 Å². The van der Waals surface area contributed by atoms with Gasteiger partial charge in [0.1, 0.15) is 9.84 Å². The lowest BCUT2D eigenvalue weighted by Crippen LogP contribution is -2.27. The summed E-state index contributed by atoms with van der Waals surface area (Å²) in [7, 11) is 0. The van der Waals surface area contributed by atoms with E-state index in [4.69, 9.17) is 0 Å². The number of benzene rings is 1. The molecule has 4 aromatic rings. The molecule has 0 atom stereocenters. The third-order valence-electron chi connectivity index (χ3n) is 5.30. The Labute approximate surface area is 175 Å². The van der Waals surface area contributed by atoms with Crippen LogP contribution in [-0.4, -0.2) is 20.4 Å². The maximum absolute atomic E-state index is 12.9. The van der Waals surface area contributed by atoms with Gasteiger partial charge >= 0.3 is 0 Å². The number of aryl methyl sites for hydroxylation is 3. The van der Waals surface area contributed by atoms with Crippen LogP contribution in [0.2, 0.25) is 0 Å². The highest BCUT2D eigenvalue weighted by molar-refractivity contribution is 7.19. The number of amides is 1. The van der Waals surface area contributed by atoms with Crippen molar-refractivity contribution >= 4 is 49.0 Å². The highest BCUT2D eigenvalue weighted by Gasteiger charge is 2.20. The van der Waals surface area contributed by atoms with Gasteiger partial charge in [-0.15, -0.1) is 22.7 Å². The average molecular weight is 425 g/mol. The van der Waals surface area contributed by atoms with Gasteiger partial charge in [0.2, 0.25) is 5.91 Å². The summed E-state index contributed by atoms with van der Waals surface area (Å²) in [6.45, 7) is 0.737. The molecule has 0 radical (unpaired) electrons. The molecule has 1 aliphatic rings. The molecule has 0 aliphatic heterocycles. The van der Waals surface area contributed by atoms with Gasteiger partial charge in [-0.3, -0.25) is 14.2 Å². The number of hydrogen-bond acceptors (Lipinski definition) is 6. The van der Waals surface area contributed by atoms with Gasteiger partial charge in [0, 0.05) is 17.8 Å². The third kappa shape index (κ3) is 3.58. The molecule has 0 saturated carbocycles. The number of carbonyl (C=O) groups excluding carboxylic acids is 1. The SMILES string of the molecule is O=C(CCn1cnc2sc3c(c2c1=O)CCCC3)NCc1nc2ccccc2s1. The van der Waals surface area contributed by atoms with Gasteiger partial charge in [-0.05, 0) is 43.4 Å². The Morgan fingerprint density at radius 2 is 2.03 bits per heavy atom. The number of rotatable bonds is 5. The fraction of sp³-hybridized carbons (Fsp3) is 0.333. The maximum Gasteiger partial charge on any atom is 0.262 e. The van der Waals surface area contributed by atoms with Crippen LogP contribution in [0.1, 0.15) is 34.7 Å². The summed E-state index contributed by atoms with van der Waals surface area (Å²) in [6.07, 6.45) is 6.13. The van der Waals surface area contributed by atoms with Gasteiger partial charge in [-0.1, -0.05) is 12.1 Å². The second kappa shape index (κ2) is 7.68. The smallest absolute Gasteiger partial charge is 0.262 e. The zero-order chi connectivity index (χ0) is 19.8. The lowest BCUT2D eigenvalue weighted by Gasteiger charge is -2.10. The first-order valence-corrected chi connectivity index (χ1v) is 11.4. The number of hydrogen-bond donors (Lipinski definition) is 1. The topological polar surface area (TPSA) is 76.9 Å². The number of thiophene rings is 1. The monoisotopic (exact) mass is 424 g/mol. The summed E-state index contributed by atoms with van der Waals surface area (Å²) in [5.41, 5.74) is 2.11. The summed E-state index contributed by atoms with van der Waals surface area (Å²) >= 11 is 3.23. The fourth-order valence-corrected chi connectivity index (χ4v) is 5.95. The van der Waals surface area contributed by atoms with Crippen molar-refractivity contribution in [2.75, 3.05) is 0 Å². The molecule has 1 amide bonds. The predicted molar refractivity (Wildman–Crippen MR) is 117 cm³/mol. The van der Waals surface area contributed by atoms with E-state index in [0.717, 1.165) is 44.7 Å². The van der Waals surface area contributed by atoms with Crippen molar-refractivity contribution in [2.24, 2.45) is 0 Å². The molecule has 1 N–H and O–H groups in total. The molecule has 1 aliphatic carbocycles. The first kappa shape index (κ1) is 18.4. The highest BCUT2D eigenvalue weighted by atomic mass is 32.1. The summed E-state index contributed by atoms with van der Waals surface area (Å²) in [5.74, 6) is -0.0939. The molecule has 0 spiro atoms. The van der Waals surface area contributed by atoms with Crippen molar-refractivity contribution in [3.63, 3.8) is 0 Å². The molecular weight excluding hydrogens is 404 g/mol. The molecule has 8 heteroatoms. The van der Waals surface area contributed by atoms with Crippen molar-refractivity contribution in [1.82, 2.24) is 19.9 Å².